The molecule has 1 saturated heterocycles. The van der Waals surface area contributed by atoms with Gasteiger partial charge in [-0.15, -0.1) is 11.8 Å². The summed E-state index contributed by atoms with van der Waals surface area (Å²) in [5.74, 6) is -0.179. The number of thioether (sulfide) groups is 1. The van der Waals surface area contributed by atoms with Crippen molar-refractivity contribution in [3.05, 3.63) is 66.2 Å². The molecule has 1 atom stereocenters. The van der Waals surface area contributed by atoms with E-state index in [9.17, 15) is 13.2 Å². The van der Waals surface area contributed by atoms with E-state index in [0.29, 0.717) is 37.6 Å². The zero-order valence-electron chi connectivity index (χ0n) is 18.1. The van der Waals surface area contributed by atoms with E-state index >= 15 is 0 Å². The monoisotopic (exact) mass is 470 g/mol. The molecule has 3 aromatic rings. The second-order valence-corrected chi connectivity index (χ2v) is 11.1. The van der Waals surface area contributed by atoms with Gasteiger partial charge in [0.1, 0.15) is 0 Å². The van der Waals surface area contributed by atoms with Crippen molar-refractivity contribution < 1.29 is 17.9 Å². The standard InChI is InChI=1S/C24H26N2O4S2/c1-17-7-9-21(16-23(17)32(28,29)26-11-13-30-14-12-26)25-24(27)18(2)31-22-10-8-19-5-3-4-6-20(19)15-22/h3-10,15-16,18H,11-14H2,1-2H3,(H,25,27)/t18-/m0/s1. The topological polar surface area (TPSA) is 75.7 Å². The molecule has 0 aliphatic carbocycles. The van der Waals surface area contributed by atoms with Crippen molar-refractivity contribution in [2.24, 2.45) is 0 Å². The number of rotatable bonds is 6. The van der Waals surface area contributed by atoms with Gasteiger partial charge < -0.3 is 10.1 Å². The Morgan fingerprint density at radius 3 is 2.50 bits per heavy atom. The first-order valence-corrected chi connectivity index (χ1v) is 12.8. The summed E-state index contributed by atoms with van der Waals surface area (Å²) in [6.07, 6.45) is 0. The van der Waals surface area contributed by atoms with E-state index in [-0.39, 0.29) is 16.1 Å². The molecule has 1 fully saturated rings. The number of benzene rings is 3. The Balaban J connectivity index is 1.48. The van der Waals surface area contributed by atoms with Crippen LogP contribution in [-0.2, 0) is 19.6 Å². The van der Waals surface area contributed by atoms with Gasteiger partial charge in [0, 0.05) is 23.7 Å². The molecule has 0 saturated carbocycles. The zero-order valence-corrected chi connectivity index (χ0v) is 19.7. The predicted molar refractivity (Wildman–Crippen MR) is 129 cm³/mol. The van der Waals surface area contributed by atoms with Crippen molar-refractivity contribution in [2.75, 3.05) is 31.6 Å². The maximum absolute atomic E-state index is 13.1. The van der Waals surface area contributed by atoms with E-state index in [1.165, 1.54) is 16.1 Å². The lowest BCUT2D eigenvalue weighted by Crippen LogP contribution is -2.40. The van der Waals surface area contributed by atoms with Crippen molar-refractivity contribution in [3.8, 4) is 0 Å². The number of ether oxygens (including phenoxy) is 1. The van der Waals surface area contributed by atoms with Crippen LogP contribution in [0.25, 0.3) is 10.8 Å². The minimum absolute atomic E-state index is 0.179. The summed E-state index contributed by atoms with van der Waals surface area (Å²) in [4.78, 5) is 14.0. The number of aryl methyl sites for hydroxylation is 1. The maximum atomic E-state index is 13.1. The van der Waals surface area contributed by atoms with E-state index in [4.69, 9.17) is 4.74 Å². The third-order valence-electron chi connectivity index (χ3n) is 5.45. The largest absolute Gasteiger partial charge is 0.379 e. The number of nitrogens with zero attached hydrogens (tertiary/aromatic N) is 1. The Bertz CT molecular complexity index is 1240. The molecule has 0 bridgehead atoms. The number of nitrogens with one attached hydrogen (secondary N) is 1. The molecule has 3 aromatic carbocycles. The van der Waals surface area contributed by atoms with Gasteiger partial charge in [-0.3, -0.25) is 4.79 Å². The minimum atomic E-state index is -3.64. The lowest BCUT2D eigenvalue weighted by molar-refractivity contribution is -0.115. The van der Waals surface area contributed by atoms with Crippen molar-refractivity contribution >= 4 is 44.2 Å². The van der Waals surface area contributed by atoms with Crippen LogP contribution >= 0.6 is 11.8 Å². The van der Waals surface area contributed by atoms with Crippen LogP contribution in [0.4, 0.5) is 5.69 Å². The maximum Gasteiger partial charge on any atom is 0.243 e. The molecule has 0 spiro atoms. The van der Waals surface area contributed by atoms with E-state index in [0.717, 1.165) is 15.7 Å². The highest BCUT2D eigenvalue weighted by Gasteiger charge is 2.28. The molecule has 168 valence electrons. The van der Waals surface area contributed by atoms with Crippen LogP contribution in [0, 0.1) is 6.92 Å². The highest BCUT2D eigenvalue weighted by Crippen LogP contribution is 2.29. The van der Waals surface area contributed by atoms with Crippen LogP contribution in [0.1, 0.15) is 12.5 Å². The number of sulfonamides is 1. The van der Waals surface area contributed by atoms with Gasteiger partial charge in [-0.1, -0.05) is 36.4 Å². The second kappa shape index (κ2) is 9.62. The molecule has 1 amide bonds. The van der Waals surface area contributed by atoms with Gasteiger partial charge in [-0.2, -0.15) is 4.31 Å². The van der Waals surface area contributed by atoms with E-state index in [2.05, 4.69) is 17.4 Å². The first-order chi connectivity index (χ1) is 15.3. The average Bonchev–Trinajstić information content (AvgIpc) is 2.80. The van der Waals surface area contributed by atoms with Crippen molar-refractivity contribution in [3.63, 3.8) is 0 Å². The number of morpholine rings is 1. The van der Waals surface area contributed by atoms with Crippen LogP contribution < -0.4 is 5.32 Å². The zero-order chi connectivity index (χ0) is 22.7. The van der Waals surface area contributed by atoms with Gasteiger partial charge in [0.15, 0.2) is 0 Å². The average molecular weight is 471 g/mol. The molecule has 1 heterocycles. The third-order valence-corrected chi connectivity index (χ3v) is 8.58. The number of carbonyl (C=O) groups excluding carboxylic acids is 1. The van der Waals surface area contributed by atoms with Gasteiger partial charge in [0.2, 0.25) is 15.9 Å². The Morgan fingerprint density at radius 2 is 1.75 bits per heavy atom. The molecule has 32 heavy (non-hydrogen) atoms. The molecule has 8 heteroatoms. The summed E-state index contributed by atoms with van der Waals surface area (Å²) < 4.78 is 32.9. The highest BCUT2D eigenvalue weighted by atomic mass is 32.2. The second-order valence-electron chi connectivity index (χ2n) is 7.76. The summed E-state index contributed by atoms with van der Waals surface area (Å²) in [6.45, 7) is 5.04. The van der Waals surface area contributed by atoms with Crippen LogP contribution in [0.15, 0.2) is 70.5 Å². The highest BCUT2D eigenvalue weighted by molar-refractivity contribution is 8.00. The summed E-state index contributed by atoms with van der Waals surface area (Å²) in [5, 5.41) is 4.81. The number of fused-ring (bicyclic) bond motifs is 1. The quantitative estimate of drug-likeness (QED) is 0.544. The summed E-state index contributed by atoms with van der Waals surface area (Å²) >= 11 is 1.47. The van der Waals surface area contributed by atoms with Crippen LogP contribution in [0.5, 0.6) is 0 Å². The fraction of sp³-hybridized carbons (Fsp3) is 0.292. The smallest absolute Gasteiger partial charge is 0.243 e. The Kier molecular flexibility index (Phi) is 6.85. The number of amides is 1. The number of anilines is 1. The van der Waals surface area contributed by atoms with Gasteiger partial charge >= 0.3 is 0 Å². The molecule has 6 nitrogen and oxygen atoms in total. The number of hydrogen-bond donors (Lipinski definition) is 1. The SMILES string of the molecule is Cc1ccc(NC(=O)[C@H](C)Sc2ccc3ccccc3c2)cc1S(=O)(=O)N1CCOCC1. The fourth-order valence-electron chi connectivity index (χ4n) is 3.62. The molecule has 1 N–H and O–H groups in total. The minimum Gasteiger partial charge on any atom is -0.379 e. The first kappa shape index (κ1) is 22.8. The molecule has 4 rings (SSSR count). The summed E-state index contributed by atoms with van der Waals surface area (Å²) in [5.41, 5.74) is 1.12. The van der Waals surface area contributed by atoms with E-state index in [1.807, 2.05) is 37.3 Å². The normalized spacial score (nSPS) is 16.1. The van der Waals surface area contributed by atoms with Gasteiger partial charge in [0.05, 0.1) is 23.4 Å². The lowest BCUT2D eigenvalue weighted by atomic mass is 10.1. The molecule has 0 aromatic heterocycles. The molecule has 0 radical (unpaired) electrons. The molecule has 0 unspecified atom stereocenters. The number of hydrogen-bond acceptors (Lipinski definition) is 5. The first-order valence-electron chi connectivity index (χ1n) is 10.5. The molecular formula is C24H26N2O4S2. The van der Waals surface area contributed by atoms with Crippen LogP contribution in [0.3, 0.4) is 0 Å². The predicted octanol–water partition coefficient (Wildman–Crippen LogP) is 4.29. The summed E-state index contributed by atoms with van der Waals surface area (Å²) in [6, 6.07) is 19.2. The Labute approximate surface area is 193 Å². The van der Waals surface area contributed by atoms with Crippen LogP contribution in [0.2, 0.25) is 0 Å². The van der Waals surface area contributed by atoms with E-state index in [1.54, 1.807) is 25.1 Å². The van der Waals surface area contributed by atoms with Crippen molar-refractivity contribution in [1.82, 2.24) is 4.31 Å². The summed E-state index contributed by atoms with van der Waals surface area (Å²) in [7, 11) is -3.64. The third kappa shape index (κ3) is 4.99. The van der Waals surface area contributed by atoms with E-state index < -0.39 is 10.0 Å². The number of carbonyl (C=O) groups is 1. The fourth-order valence-corrected chi connectivity index (χ4v) is 6.20. The molecule has 1 aliphatic heterocycles. The Hall–Kier alpha value is -2.39. The molecular weight excluding hydrogens is 444 g/mol. The van der Waals surface area contributed by atoms with Crippen molar-refractivity contribution in [1.29, 1.82) is 0 Å². The molecule has 1 aliphatic rings. The van der Waals surface area contributed by atoms with Gasteiger partial charge in [-0.05, 0) is 54.4 Å². The van der Waals surface area contributed by atoms with Crippen LogP contribution in [-0.4, -0.2) is 50.2 Å². The van der Waals surface area contributed by atoms with Gasteiger partial charge in [0.25, 0.3) is 0 Å². The van der Waals surface area contributed by atoms with Crippen molar-refractivity contribution in [2.45, 2.75) is 28.9 Å². The lowest BCUT2D eigenvalue weighted by Gasteiger charge is -2.27. The Morgan fingerprint density at radius 1 is 1.03 bits per heavy atom. The van der Waals surface area contributed by atoms with Gasteiger partial charge in [-0.25, -0.2) is 8.42 Å².